The van der Waals surface area contributed by atoms with E-state index in [1.54, 1.807) is 27.7 Å². The Hall–Kier alpha value is -0.780. The van der Waals surface area contributed by atoms with E-state index in [9.17, 15) is 8.68 Å². The van der Waals surface area contributed by atoms with Crippen LogP contribution in [0.2, 0.25) is 0 Å². The van der Waals surface area contributed by atoms with Gasteiger partial charge >= 0.3 is 6.09 Å². The fraction of sp³-hybridized carbons (Fsp3) is 0.750. The first-order valence-electron chi connectivity index (χ1n) is 4.22. The summed E-state index contributed by atoms with van der Waals surface area (Å²) < 4.78 is 17.1. The number of carbonyl (C=O) groups excluding carboxylic acids is 1. The molecule has 0 rings (SSSR count). The third kappa shape index (κ3) is 6.71. The Morgan fingerprint density at radius 3 is 2.50 bits per heavy atom. The van der Waals surface area contributed by atoms with Crippen LogP contribution in [-0.4, -0.2) is 23.4 Å². The lowest BCUT2D eigenvalue weighted by Gasteiger charge is -2.19. The molecule has 0 bridgehead atoms. The minimum absolute atomic E-state index is 0.0817. The molecule has 0 radical (unpaired) electrons. The highest BCUT2D eigenvalue weighted by Gasteiger charge is 2.17. The molecule has 0 spiro atoms. The molecule has 1 N–H and O–H groups in total. The van der Waals surface area contributed by atoms with E-state index < -0.39 is 11.7 Å². The van der Waals surface area contributed by atoms with Gasteiger partial charge in [-0.1, -0.05) is 0 Å². The van der Waals surface area contributed by atoms with Gasteiger partial charge in [-0.25, -0.2) is 4.79 Å². The molecule has 0 fully saturated rings. The van der Waals surface area contributed by atoms with E-state index in [0.29, 0.717) is 6.54 Å². The molecule has 0 heterocycles. The molecule has 0 unspecified atom stereocenters. The summed E-state index contributed by atoms with van der Waals surface area (Å²) in [5, 5.41) is 2.12. The Kier molecular flexibility index (Phi) is 5.52. The Morgan fingerprint density at radius 1 is 1.57 bits per heavy atom. The maximum absolute atomic E-state index is 12.2. The highest BCUT2D eigenvalue weighted by Crippen LogP contribution is 2.08. The molecule has 0 aliphatic heterocycles. The minimum Gasteiger partial charge on any atom is -0.444 e. The molecule has 0 aromatic heterocycles. The predicted molar refractivity (Wildman–Crippen MR) is 56.0 cm³/mol. The largest absolute Gasteiger partial charge is 0.444 e. The average molecular weight is 222 g/mol. The number of alkyl carbamates (subject to hydrolysis) is 1. The van der Waals surface area contributed by atoms with Crippen LogP contribution >= 0.6 is 12.1 Å². The molecule has 0 saturated heterocycles. The maximum Gasteiger partial charge on any atom is 0.413 e. The predicted octanol–water partition coefficient (Wildman–Crippen LogP) is 2.50. The van der Waals surface area contributed by atoms with Crippen molar-refractivity contribution >= 4 is 23.4 Å². The molecular weight excluding hydrogens is 207 g/mol. The first-order chi connectivity index (χ1) is 6.39. The highest BCUT2D eigenvalue weighted by molar-refractivity contribution is 8.09. The zero-order chi connectivity index (χ0) is 11.2. The zero-order valence-electron chi connectivity index (χ0n) is 8.76. The van der Waals surface area contributed by atoms with E-state index >= 15 is 0 Å². The van der Waals surface area contributed by atoms with Crippen LogP contribution in [0, 0.1) is 0 Å². The average Bonchev–Trinajstić information content (AvgIpc) is 2.00. The molecule has 6 heteroatoms. The van der Waals surface area contributed by atoms with Crippen molar-refractivity contribution in [2.45, 2.75) is 33.3 Å². The van der Waals surface area contributed by atoms with Crippen LogP contribution in [0.15, 0.2) is 4.99 Å². The number of hydrogen-bond acceptors (Lipinski definition) is 4. The van der Waals surface area contributed by atoms with Crippen molar-refractivity contribution in [2.75, 3.05) is 6.54 Å². The fourth-order valence-electron chi connectivity index (χ4n) is 0.618. The lowest BCUT2D eigenvalue weighted by Crippen LogP contribution is -2.35. The van der Waals surface area contributed by atoms with Crippen molar-refractivity contribution < 1.29 is 13.4 Å². The first kappa shape index (κ1) is 13.2. The standard InChI is InChI=1S/C8H15FN2O2S/c1-5-10-6(14-9)11-7(12)13-8(2,3)4/h5H2,1-4H3,(H,10,11,12). The van der Waals surface area contributed by atoms with Crippen LogP contribution in [0.3, 0.4) is 0 Å². The molecule has 0 aromatic rings. The number of hydrogen-bond donors (Lipinski definition) is 1. The fourth-order valence-corrected chi connectivity index (χ4v) is 0.918. The van der Waals surface area contributed by atoms with Gasteiger partial charge in [0.05, 0.1) is 0 Å². The van der Waals surface area contributed by atoms with Crippen LogP contribution in [-0.2, 0) is 4.74 Å². The summed E-state index contributed by atoms with van der Waals surface area (Å²) >= 11 is -0.113. The number of amidine groups is 1. The van der Waals surface area contributed by atoms with Gasteiger partial charge in [0.15, 0.2) is 5.17 Å². The number of halogens is 1. The summed E-state index contributed by atoms with van der Waals surface area (Å²) in [6.07, 6.45) is -0.699. The number of carbonyl (C=O) groups is 1. The molecule has 4 nitrogen and oxygen atoms in total. The Labute approximate surface area is 87.6 Å². The maximum atomic E-state index is 12.2. The van der Waals surface area contributed by atoms with E-state index in [-0.39, 0.29) is 17.3 Å². The third-order valence-electron chi connectivity index (χ3n) is 0.983. The number of amides is 1. The van der Waals surface area contributed by atoms with Gasteiger partial charge in [0.25, 0.3) is 0 Å². The first-order valence-corrected chi connectivity index (χ1v) is 4.93. The van der Waals surface area contributed by atoms with Gasteiger partial charge in [-0.15, -0.1) is 0 Å². The smallest absolute Gasteiger partial charge is 0.413 e. The van der Waals surface area contributed by atoms with Gasteiger partial charge in [-0.2, -0.15) is 3.89 Å². The summed E-state index contributed by atoms with van der Waals surface area (Å²) in [4.78, 5) is 14.8. The monoisotopic (exact) mass is 222 g/mol. The van der Waals surface area contributed by atoms with Crippen LogP contribution in [0.5, 0.6) is 0 Å². The summed E-state index contributed by atoms with van der Waals surface area (Å²) in [5.74, 6) is 0. The van der Waals surface area contributed by atoms with Gasteiger partial charge in [0, 0.05) is 6.54 Å². The van der Waals surface area contributed by atoms with Crippen LogP contribution in [0.25, 0.3) is 0 Å². The lowest BCUT2D eigenvalue weighted by atomic mass is 10.2. The van der Waals surface area contributed by atoms with Crippen molar-refractivity contribution in [3.8, 4) is 0 Å². The minimum atomic E-state index is -0.699. The Balaban J connectivity index is 4.11. The lowest BCUT2D eigenvalue weighted by molar-refractivity contribution is 0.0564. The summed E-state index contributed by atoms with van der Waals surface area (Å²) in [6, 6.07) is 0. The van der Waals surface area contributed by atoms with Gasteiger partial charge in [-0.05, 0) is 27.7 Å². The number of nitrogens with one attached hydrogen (secondary N) is 1. The Morgan fingerprint density at radius 2 is 2.14 bits per heavy atom. The molecule has 82 valence electrons. The second kappa shape index (κ2) is 5.85. The van der Waals surface area contributed by atoms with Crippen molar-refractivity contribution in [3.05, 3.63) is 0 Å². The van der Waals surface area contributed by atoms with E-state index in [4.69, 9.17) is 4.74 Å². The van der Waals surface area contributed by atoms with Crippen LogP contribution in [0.4, 0.5) is 8.68 Å². The normalized spacial score (nSPS) is 12.5. The van der Waals surface area contributed by atoms with Crippen LogP contribution < -0.4 is 5.32 Å². The topological polar surface area (TPSA) is 50.7 Å². The van der Waals surface area contributed by atoms with Gasteiger partial charge < -0.3 is 4.74 Å². The van der Waals surface area contributed by atoms with Crippen molar-refractivity contribution in [1.82, 2.24) is 5.32 Å². The van der Waals surface area contributed by atoms with Gasteiger partial charge in [0.2, 0.25) is 0 Å². The van der Waals surface area contributed by atoms with Gasteiger partial charge in [-0.3, -0.25) is 10.3 Å². The molecule has 0 aliphatic carbocycles. The highest BCUT2D eigenvalue weighted by atomic mass is 32.2. The molecule has 0 aromatic carbocycles. The quantitative estimate of drug-likeness (QED) is 0.548. The summed E-state index contributed by atoms with van der Waals surface area (Å²) in [5.41, 5.74) is -0.595. The number of aliphatic imine (C=N–C) groups is 1. The molecular formula is C8H15FN2O2S. The van der Waals surface area contributed by atoms with E-state index in [1.165, 1.54) is 0 Å². The number of ether oxygens (including phenoxy) is 1. The molecule has 14 heavy (non-hydrogen) atoms. The molecule has 0 aliphatic rings. The summed E-state index contributed by atoms with van der Waals surface area (Å²) in [7, 11) is 0. The Bertz CT molecular complexity index is 226. The van der Waals surface area contributed by atoms with E-state index in [1.807, 2.05) is 0 Å². The number of nitrogens with zero attached hydrogens (tertiary/aromatic N) is 1. The van der Waals surface area contributed by atoms with Crippen molar-refractivity contribution in [1.29, 1.82) is 0 Å². The van der Waals surface area contributed by atoms with Crippen molar-refractivity contribution in [2.24, 2.45) is 4.99 Å². The molecule has 0 atom stereocenters. The second-order valence-electron chi connectivity index (χ2n) is 3.48. The van der Waals surface area contributed by atoms with Gasteiger partial charge in [0.1, 0.15) is 17.7 Å². The molecule has 0 saturated carbocycles. The SMILES string of the molecule is CCN=C(NC(=O)OC(C)(C)C)SF. The zero-order valence-corrected chi connectivity index (χ0v) is 9.57. The van der Waals surface area contributed by atoms with Crippen LogP contribution in [0.1, 0.15) is 27.7 Å². The second-order valence-corrected chi connectivity index (χ2v) is 4.02. The summed E-state index contributed by atoms with van der Waals surface area (Å²) in [6.45, 7) is 7.33. The van der Waals surface area contributed by atoms with Crippen molar-refractivity contribution in [3.63, 3.8) is 0 Å². The van der Waals surface area contributed by atoms with E-state index in [2.05, 4.69) is 10.3 Å². The molecule has 1 amide bonds. The third-order valence-corrected chi connectivity index (χ3v) is 1.36. The van der Waals surface area contributed by atoms with E-state index in [0.717, 1.165) is 0 Å². The number of rotatable bonds is 1.